The molecule has 0 aliphatic rings. The van der Waals surface area contributed by atoms with Gasteiger partial charge in [0.2, 0.25) is 0 Å². The molecule has 2 N–H and O–H groups in total. The monoisotopic (exact) mass is 333 g/mol. The van der Waals surface area contributed by atoms with E-state index in [-0.39, 0.29) is 22.8 Å². The van der Waals surface area contributed by atoms with Gasteiger partial charge in [-0.2, -0.15) is 0 Å². The number of anilines is 1. The normalized spacial score (nSPS) is 10.7. The molecule has 124 valence electrons. The summed E-state index contributed by atoms with van der Waals surface area (Å²) in [5, 5.41) is 0. The van der Waals surface area contributed by atoms with Crippen LogP contribution in [0.25, 0.3) is 11.0 Å². The number of rotatable bonds is 4. The zero-order chi connectivity index (χ0) is 17.3. The van der Waals surface area contributed by atoms with Crippen molar-refractivity contribution in [2.45, 2.75) is 0 Å². The van der Waals surface area contributed by atoms with Gasteiger partial charge in [-0.25, -0.2) is 13.8 Å². The standard InChI is InChI=1S/C16H13F2N3O3/c1-22-13-7-11-14(21-16(13)23-2)12(3-4-20-11)24-15-9(17)5-8(19)6-10(15)18/h3-7H,19H2,1-2H3. The lowest BCUT2D eigenvalue weighted by Gasteiger charge is -2.12. The fourth-order valence-corrected chi connectivity index (χ4v) is 2.17. The Morgan fingerprint density at radius 3 is 2.33 bits per heavy atom. The van der Waals surface area contributed by atoms with Crippen molar-refractivity contribution in [3.05, 3.63) is 42.1 Å². The highest BCUT2D eigenvalue weighted by atomic mass is 19.1. The molecule has 3 rings (SSSR count). The van der Waals surface area contributed by atoms with Crippen LogP contribution in [0.2, 0.25) is 0 Å². The Balaban J connectivity index is 2.14. The number of ether oxygens (including phenoxy) is 3. The number of fused-ring (bicyclic) bond motifs is 1. The van der Waals surface area contributed by atoms with Gasteiger partial charge in [0, 0.05) is 36.1 Å². The molecule has 0 spiro atoms. The van der Waals surface area contributed by atoms with E-state index >= 15 is 0 Å². The molecule has 0 atom stereocenters. The number of nitrogens with two attached hydrogens (primary N) is 1. The Bertz CT molecular complexity index is 895. The van der Waals surface area contributed by atoms with Gasteiger partial charge in [-0.3, -0.25) is 4.98 Å². The van der Waals surface area contributed by atoms with Crippen LogP contribution in [-0.2, 0) is 0 Å². The zero-order valence-electron chi connectivity index (χ0n) is 12.8. The predicted octanol–water partition coefficient (Wildman–Crippen LogP) is 3.30. The van der Waals surface area contributed by atoms with E-state index in [9.17, 15) is 8.78 Å². The topological polar surface area (TPSA) is 79.5 Å². The highest BCUT2D eigenvalue weighted by molar-refractivity contribution is 5.83. The summed E-state index contributed by atoms with van der Waals surface area (Å²) in [5.41, 5.74) is 6.04. The largest absolute Gasteiger partial charge is 0.491 e. The van der Waals surface area contributed by atoms with E-state index in [1.807, 2.05) is 0 Å². The number of methoxy groups -OCH3 is 2. The molecular formula is C16H13F2N3O3. The number of pyridine rings is 2. The first-order valence-corrected chi connectivity index (χ1v) is 6.83. The Labute approximate surface area is 135 Å². The second-order valence-electron chi connectivity index (χ2n) is 4.79. The van der Waals surface area contributed by atoms with Gasteiger partial charge in [0.05, 0.1) is 19.7 Å². The minimum absolute atomic E-state index is 0.0403. The number of nitrogen functional groups attached to an aromatic ring is 1. The maximum absolute atomic E-state index is 13.9. The zero-order valence-corrected chi connectivity index (χ0v) is 12.8. The third kappa shape index (κ3) is 2.73. The van der Waals surface area contributed by atoms with Gasteiger partial charge in [-0.15, -0.1) is 0 Å². The van der Waals surface area contributed by atoms with E-state index in [4.69, 9.17) is 19.9 Å². The maximum Gasteiger partial charge on any atom is 0.257 e. The van der Waals surface area contributed by atoms with Crippen molar-refractivity contribution in [1.82, 2.24) is 9.97 Å². The highest BCUT2D eigenvalue weighted by Gasteiger charge is 2.17. The summed E-state index contributed by atoms with van der Waals surface area (Å²) in [7, 11) is 2.89. The highest BCUT2D eigenvalue weighted by Crippen LogP contribution is 2.35. The van der Waals surface area contributed by atoms with Gasteiger partial charge in [0.25, 0.3) is 5.88 Å². The summed E-state index contributed by atoms with van der Waals surface area (Å²) in [4.78, 5) is 8.37. The lowest BCUT2D eigenvalue weighted by atomic mass is 10.2. The van der Waals surface area contributed by atoms with Crippen molar-refractivity contribution >= 4 is 16.7 Å². The van der Waals surface area contributed by atoms with Gasteiger partial charge in [0.1, 0.15) is 5.52 Å². The van der Waals surface area contributed by atoms with E-state index in [0.29, 0.717) is 11.3 Å². The van der Waals surface area contributed by atoms with Crippen LogP contribution in [0.3, 0.4) is 0 Å². The number of nitrogens with zero attached hydrogens (tertiary/aromatic N) is 2. The Morgan fingerprint density at radius 1 is 1.00 bits per heavy atom. The van der Waals surface area contributed by atoms with Crippen LogP contribution in [0.5, 0.6) is 23.1 Å². The van der Waals surface area contributed by atoms with E-state index < -0.39 is 17.4 Å². The Morgan fingerprint density at radius 2 is 1.71 bits per heavy atom. The van der Waals surface area contributed by atoms with Gasteiger partial charge in [0.15, 0.2) is 28.9 Å². The number of aromatic nitrogens is 2. The van der Waals surface area contributed by atoms with Crippen LogP contribution in [0, 0.1) is 11.6 Å². The summed E-state index contributed by atoms with van der Waals surface area (Å²) in [6.45, 7) is 0. The molecule has 1 aromatic carbocycles. The van der Waals surface area contributed by atoms with Gasteiger partial charge in [-0.1, -0.05) is 0 Å². The molecule has 0 radical (unpaired) electrons. The van der Waals surface area contributed by atoms with Crippen molar-refractivity contribution in [2.24, 2.45) is 0 Å². The summed E-state index contributed by atoms with van der Waals surface area (Å²) in [6.07, 6.45) is 1.43. The van der Waals surface area contributed by atoms with Crippen LogP contribution in [0.1, 0.15) is 0 Å². The van der Waals surface area contributed by atoms with Crippen LogP contribution >= 0.6 is 0 Å². The van der Waals surface area contributed by atoms with Gasteiger partial charge < -0.3 is 19.9 Å². The fourth-order valence-electron chi connectivity index (χ4n) is 2.17. The third-order valence-electron chi connectivity index (χ3n) is 3.25. The molecule has 0 unspecified atom stereocenters. The summed E-state index contributed by atoms with van der Waals surface area (Å²) < 4.78 is 43.5. The first kappa shape index (κ1) is 15.7. The lowest BCUT2D eigenvalue weighted by Crippen LogP contribution is -1.99. The molecular weight excluding hydrogens is 320 g/mol. The van der Waals surface area contributed by atoms with E-state index in [2.05, 4.69) is 9.97 Å². The first-order chi connectivity index (χ1) is 11.5. The van der Waals surface area contributed by atoms with Crippen LogP contribution < -0.4 is 19.9 Å². The molecule has 24 heavy (non-hydrogen) atoms. The summed E-state index contributed by atoms with van der Waals surface area (Å²) in [6, 6.07) is 4.97. The molecule has 6 nitrogen and oxygen atoms in total. The maximum atomic E-state index is 13.9. The average Bonchev–Trinajstić information content (AvgIpc) is 2.56. The van der Waals surface area contributed by atoms with Crippen molar-refractivity contribution in [3.63, 3.8) is 0 Å². The second-order valence-corrected chi connectivity index (χ2v) is 4.79. The minimum Gasteiger partial charge on any atom is -0.491 e. The predicted molar refractivity (Wildman–Crippen MR) is 83.5 cm³/mol. The number of hydrogen-bond donors (Lipinski definition) is 1. The molecule has 0 fully saturated rings. The summed E-state index contributed by atoms with van der Waals surface area (Å²) in [5.74, 6) is -1.73. The van der Waals surface area contributed by atoms with E-state index in [1.54, 1.807) is 6.07 Å². The fraction of sp³-hybridized carbons (Fsp3) is 0.125. The molecule has 2 heterocycles. The molecule has 0 amide bonds. The molecule has 8 heteroatoms. The minimum atomic E-state index is -0.919. The molecule has 3 aromatic rings. The van der Waals surface area contributed by atoms with Gasteiger partial charge in [-0.05, 0) is 0 Å². The Hall–Kier alpha value is -3.16. The molecule has 0 aliphatic carbocycles. The van der Waals surface area contributed by atoms with E-state index in [0.717, 1.165) is 12.1 Å². The van der Waals surface area contributed by atoms with Crippen LogP contribution in [0.4, 0.5) is 14.5 Å². The molecule has 2 aromatic heterocycles. The number of halogens is 2. The first-order valence-electron chi connectivity index (χ1n) is 6.83. The molecule has 0 aliphatic heterocycles. The third-order valence-corrected chi connectivity index (χ3v) is 3.25. The smallest absolute Gasteiger partial charge is 0.257 e. The van der Waals surface area contributed by atoms with Crippen LogP contribution in [0.15, 0.2) is 30.5 Å². The van der Waals surface area contributed by atoms with Crippen molar-refractivity contribution < 1.29 is 23.0 Å². The van der Waals surface area contributed by atoms with E-state index in [1.165, 1.54) is 26.5 Å². The van der Waals surface area contributed by atoms with Crippen molar-refractivity contribution in [3.8, 4) is 23.1 Å². The van der Waals surface area contributed by atoms with Crippen molar-refractivity contribution in [2.75, 3.05) is 20.0 Å². The molecule has 0 bridgehead atoms. The van der Waals surface area contributed by atoms with Gasteiger partial charge >= 0.3 is 0 Å². The summed E-state index contributed by atoms with van der Waals surface area (Å²) >= 11 is 0. The lowest BCUT2D eigenvalue weighted by molar-refractivity contribution is 0.344. The number of benzene rings is 1. The Kier molecular flexibility index (Phi) is 4.03. The second kappa shape index (κ2) is 6.15. The molecule has 0 saturated carbocycles. The van der Waals surface area contributed by atoms with Crippen molar-refractivity contribution in [1.29, 1.82) is 0 Å². The molecule has 0 saturated heterocycles. The number of hydrogen-bond acceptors (Lipinski definition) is 6. The van der Waals surface area contributed by atoms with Crippen LogP contribution in [-0.4, -0.2) is 24.2 Å². The quantitative estimate of drug-likeness (QED) is 0.738. The average molecular weight is 333 g/mol. The SMILES string of the molecule is COc1cc2nccc(Oc3c(F)cc(N)cc3F)c2nc1OC.